The van der Waals surface area contributed by atoms with Crippen molar-refractivity contribution in [2.45, 2.75) is 33.0 Å². The second-order valence-corrected chi connectivity index (χ2v) is 7.01. The molecule has 3 nitrogen and oxygen atoms in total. The molecule has 2 heterocycles. The highest BCUT2D eigenvalue weighted by atomic mass is 32.1. The number of hydrogen-bond donors (Lipinski definition) is 1. The first kappa shape index (κ1) is 15.2. The third-order valence-corrected chi connectivity index (χ3v) is 4.59. The van der Waals surface area contributed by atoms with Gasteiger partial charge in [0.2, 0.25) is 5.91 Å². The topological polar surface area (TPSA) is 32.3 Å². The molecule has 1 N–H and O–H groups in total. The normalized spacial score (nSPS) is 10.9. The van der Waals surface area contributed by atoms with Gasteiger partial charge in [-0.3, -0.25) is 4.79 Å². The van der Waals surface area contributed by atoms with Crippen LogP contribution in [-0.4, -0.2) is 23.4 Å². The van der Waals surface area contributed by atoms with E-state index >= 15 is 0 Å². The van der Waals surface area contributed by atoms with E-state index in [4.69, 9.17) is 0 Å². The molecule has 0 radical (unpaired) electrons. The predicted octanol–water partition coefficient (Wildman–Crippen LogP) is 3.34. The Kier molecular flexibility index (Phi) is 5.76. The second kappa shape index (κ2) is 7.57. The van der Waals surface area contributed by atoms with Gasteiger partial charge in [-0.1, -0.05) is 26.0 Å². The number of rotatable bonds is 7. The lowest BCUT2D eigenvalue weighted by Crippen LogP contribution is -2.39. The lowest BCUT2D eigenvalue weighted by Gasteiger charge is -2.22. The number of carbonyl (C=O) groups is 1. The highest BCUT2D eigenvalue weighted by molar-refractivity contribution is 7.10. The molecule has 0 bridgehead atoms. The number of nitrogens with zero attached hydrogens (tertiary/aromatic N) is 1. The van der Waals surface area contributed by atoms with Gasteiger partial charge >= 0.3 is 0 Å². The van der Waals surface area contributed by atoms with E-state index in [1.807, 2.05) is 17.0 Å². The van der Waals surface area contributed by atoms with Crippen LogP contribution in [0.25, 0.3) is 0 Å². The molecule has 0 spiro atoms. The SMILES string of the molecule is CC(C)NCC(=O)N(Cc1cccs1)Cc1cccs1. The molecule has 0 saturated carbocycles. The fourth-order valence-electron chi connectivity index (χ4n) is 1.82. The minimum absolute atomic E-state index is 0.153. The number of thiophene rings is 2. The number of carbonyl (C=O) groups excluding carboxylic acids is 1. The average molecular weight is 308 g/mol. The molecule has 108 valence electrons. The average Bonchev–Trinajstić information content (AvgIpc) is 3.08. The molecule has 0 saturated heterocycles. The fourth-order valence-corrected chi connectivity index (χ4v) is 3.26. The number of amides is 1. The molecular weight excluding hydrogens is 288 g/mol. The standard InChI is InChI=1S/C15H20N2OS2/c1-12(2)16-9-15(18)17(10-13-5-3-7-19-13)11-14-6-4-8-20-14/h3-8,12,16H,9-11H2,1-2H3. The fraction of sp³-hybridized carbons (Fsp3) is 0.400. The Bertz CT molecular complexity index is 470. The summed E-state index contributed by atoms with van der Waals surface area (Å²) in [6.45, 7) is 5.88. The lowest BCUT2D eigenvalue weighted by molar-refractivity contribution is -0.131. The molecule has 0 aliphatic carbocycles. The zero-order valence-corrected chi connectivity index (χ0v) is 13.5. The lowest BCUT2D eigenvalue weighted by atomic mass is 10.3. The van der Waals surface area contributed by atoms with Crippen molar-refractivity contribution < 1.29 is 4.79 Å². The van der Waals surface area contributed by atoms with Crippen molar-refractivity contribution in [3.63, 3.8) is 0 Å². The molecule has 0 aliphatic rings. The summed E-state index contributed by atoms with van der Waals surface area (Å²) in [5, 5.41) is 7.30. The molecule has 2 aromatic rings. The summed E-state index contributed by atoms with van der Waals surface area (Å²) in [4.78, 5) is 16.7. The smallest absolute Gasteiger partial charge is 0.237 e. The summed E-state index contributed by atoms with van der Waals surface area (Å²) in [5.41, 5.74) is 0. The molecular formula is C15H20N2OS2. The van der Waals surface area contributed by atoms with Crippen LogP contribution in [0.3, 0.4) is 0 Å². The van der Waals surface area contributed by atoms with Gasteiger partial charge in [0.05, 0.1) is 19.6 Å². The van der Waals surface area contributed by atoms with Gasteiger partial charge in [0.25, 0.3) is 0 Å². The molecule has 0 aromatic carbocycles. The van der Waals surface area contributed by atoms with Crippen molar-refractivity contribution >= 4 is 28.6 Å². The Morgan fingerprint density at radius 3 is 2.10 bits per heavy atom. The van der Waals surface area contributed by atoms with Crippen LogP contribution < -0.4 is 5.32 Å². The zero-order valence-electron chi connectivity index (χ0n) is 11.8. The molecule has 0 aliphatic heterocycles. The molecule has 2 rings (SSSR count). The van der Waals surface area contributed by atoms with Crippen molar-refractivity contribution in [1.82, 2.24) is 10.2 Å². The highest BCUT2D eigenvalue weighted by Gasteiger charge is 2.15. The first-order valence-electron chi connectivity index (χ1n) is 6.71. The minimum atomic E-state index is 0.153. The maximum atomic E-state index is 12.4. The third-order valence-electron chi connectivity index (χ3n) is 2.87. The van der Waals surface area contributed by atoms with Gasteiger partial charge in [-0.15, -0.1) is 22.7 Å². The maximum Gasteiger partial charge on any atom is 0.237 e. The van der Waals surface area contributed by atoms with Crippen LogP contribution >= 0.6 is 22.7 Å². The van der Waals surface area contributed by atoms with E-state index in [1.54, 1.807) is 22.7 Å². The van der Waals surface area contributed by atoms with Crippen LogP contribution in [0, 0.1) is 0 Å². The van der Waals surface area contributed by atoms with E-state index < -0.39 is 0 Å². The predicted molar refractivity (Wildman–Crippen MR) is 86.0 cm³/mol. The van der Waals surface area contributed by atoms with Crippen LogP contribution in [0.15, 0.2) is 35.0 Å². The van der Waals surface area contributed by atoms with Gasteiger partial charge in [0, 0.05) is 15.8 Å². The Balaban J connectivity index is 2.00. The Hall–Kier alpha value is -1.17. The third kappa shape index (κ3) is 4.74. The molecule has 0 unspecified atom stereocenters. The van der Waals surface area contributed by atoms with E-state index in [-0.39, 0.29) is 5.91 Å². The van der Waals surface area contributed by atoms with E-state index in [0.717, 1.165) is 0 Å². The quantitative estimate of drug-likeness (QED) is 0.851. The summed E-state index contributed by atoms with van der Waals surface area (Å²) in [6, 6.07) is 8.54. The van der Waals surface area contributed by atoms with Gasteiger partial charge in [-0.05, 0) is 22.9 Å². The highest BCUT2D eigenvalue weighted by Crippen LogP contribution is 2.17. The molecule has 2 aromatic heterocycles. The maximum absolute atomic E-state index is 12.4. The van der Waals surface area contributed by atoms with Gasteiger partial charge < -0.3 is 10.2 Å². The van der Waals surface area contributed by atoms with Gasteiger partial charge in [-0.2, -0.15) is 0 Å². The van der Waals surface area contributed by atoms with E-state index in [2.05, 4.69) is 42.1 Å². The zero-order chi connectivity index (χ0) is 14.4. The molecule has 20 heavy (non-hydrogen) atoms. The molecule has 0 fully saturated rings. The summed E-state index contributed by atoms with van der Waals surface area (Å²) in [7, 11) is 0. The van der Waals surface area contributed by atoms with Crippen molar-refractivity contribution in [3.05, 3.63) is 44.8 Å². The first-order chi connectivity index (χ1) is 9.65. The summed E-state index contributed by atoms with van der Waals surface area (Å²) in [5.74, 6) is 0.153. The molecule has 0 atom stereocenters. The number of hydrogen-bond acceptors (Lipinski definition) is 4. The van der Waals surface area contributed by atoms with Gasteiger partial charge in [0.1, 0.15) is 0 Å². The summed E-state index contributed by atoms with van der Waals surface area (Å²) in [6.07, 6.45) is 0. The monoisotopic (exact) mass is 308 g/mol. The van der Waals surface area contributed by atoms with Crippen molar-refractivity contribution in [2.24, 2.45) is 0 Å². The van der Waals surface area contributed by atoms with E-state index in [1.165, 1.54) is 9.75 Å². The molecule has 5 heteroatoms. The van der Waals surface area contributed by atoms with Crippen LogP contribution in [-0.2, 0) is 17.9 Å². The van der Waals surface area contributed by atoms with E-state index in [9.17, 15) is 4.79 Å². The van der Waals surface area contributed by atoms with Crippen LogP contribution in [0.5, 0.6) is 0 Å². The summed E-state index contributed by atoms with van der Waals surface area (Å²) < 4.78 is 0. The van der Waals surface area contributed by atoms with E-state index in [0.29, 0.717) is 25.7 Å². The Morgan fingerprint density at radius 2 is 1.70 bits per heavy atom. The van der Waals surface area contributed by atoms with Crippen molar-refractivity contribution in [1.29, 1.82) is 0 Å². The minimum Gasteiger partial charge on any atom is -0.331 e. The molecule has 1 amide bonds. The van der Waals surface area contributed by atoms with Gasteiger partial charge in [0.15, 0.2) is 0 Å². The second-order valence-electron chi connectivity index (χ2n) is 4.94. The van der Waals surface area contributed by atoms with Crippen LogP contribution in [0.2, 0.25) is 0 Å². The Labute approximate surface area is 128 Å². The van der Waals surface area contributed by atoms with Crippen molar-refractivity contribution in [3.8, 4) is 0 Å². The van der Waals surface area contributed by atoms with Gasteiger partial charge in [-0.25, -0.2) is 0 Å². The van der Waals surface area contributed by atoms with Crippen LogP contribution in [0.1, 0.15) is 23.6 Å². The van der Waals surface area contributed by atoms with Crippen LogP contribution in [0.4, 0.5) is 0 Å². The van der Waals surface area contributed by atoms with Crippen molar-refractivity contribution in [2.75, 3.05) is 6.54 Å². The largest absolute Gasteiger partial charge is 0.331 e. The number of nitrogens with one attached hydrogen (secondary N) is 1. The Morgan fingerprint density at radius 1 is 1.15 bits per heavy atom. The summed E-state index contributed by atoms with van der Waals surface area (Å²) >= 11 is 3.39. The first-order valence-corrected chi connectivity index (χ1v) is 8.47.